The fourth-order valence-corrected chi connectivity index (χ4v) is 3.64. The lowest BCUT2D eigenvalue weighted by molar-refractivity contribution is -0.137. The van der Waals surface area contributed by atoms with Crippen molar-refractivity contribution in [2.45, 2.75) is 17.5 Å². The summed E-state index contributed by atoms with van der Waals surface area (Å²) in [5, 5.41) is 3.74. The first-order valence-corrected chi connectivity index (χ1v) is 10.7. The molecule has 0 aliphatic carbocycles. The Morgan fingerprint density at radius 1 is 1.00 bits per heavy atom. The van der Waals surface area contributed by atoms with Crippen molar-refractivity contribution in [3.05, 3.63) is 95.3 Å². The number of nitrogens with one attached hydrogen (secondary N) is 1. The van der Waals surface area contributed by atoms with E-state index in [0.717, 1.165) is 18.3 Å². The van der Waals surface area contributed by atoms with Gasteiger partial charge in [0.25, 0.3) is 0 Å². The van der Waals surface area contributed by atoms with Crippen LogP contribution in [0.2, 0.25) is 0 Å². The molecule has 3 rings (SSSR count). The second-order valence-electron chi connectivity index (χ2n) is 6.70. The fourth-order valence-electron chi connectivity index (χ4n) is 2.69. The molecule has 0 spiro atoms. The van der Waals surface area contributed by atoms with E-state index in [2.05, 4.69) is 10.5 Å². The van der Waals surface area contributed by atoms with Crippen molar-refractivity contribution in [3.8, 4) is 5.75 Å². The van der Waals surface area contributed by atoms with E-state index in [0.29, 0.717) is 17.7 Å². The number of hydrogen-bond donors (Lipinski definition) is 1. The molecule has 33 heavy (non-hydrogen) atoms. The normalized spacial score (nSPS) is 12.0. The highest BCUT2D eigenvalue weighted by Gasteiger charge is 2.31. The number of rotatable bonds is 7. The Labute approximate surface area is 186 Å². The van der Waals surface area contributed by atoms with Crippen LogP contribution in [-0.2, 0) is 27.5 Å². The zero-order valence-electron chi connectivity index (χ0n) is 16.7. The molecule has 1 N–H and O–H groups in total. The monoisotopic (exact) mass is 480 g/mol. The summed E-state index contributed by atoms with van der Waals surface area (Å²) < 4.78 is 81.3. The van der Waals surface area contributed by atoms with E-state index in [1.165, 1.54) is 36.4 Å². The van der Waals surface area contributed by atoms with Gasteiger partial charge in [-0.05, 0) is 54.1 Å². The minimum Gasteiger partial charge on any atom is -0.378 e. The van der Waals surface area contributed by atoms with Gasteiger partial charge in [0.05, 0.1) is 18.2 Å². The van der Waals surface area contributed by atoms with Crippen LogP contribution in [0.1, 0.15) is 16.7 Å². The van der Waals surface area contributed by atoms with Gasteiger partial charge in [-0.15, -0.1) is 0 Å². The molecule has 0 saturated carbocycles. The molecule has 0 aromatic heterocycles. The number of halogens is 4. The molecule has 0 bridgehead atoms. The Hall–Kier alpha value is -3.73. The fraction of sp³-hybridized carbons (Fsp3) is 0.0909. The zero-order chi connectivity index (χ0) is 24.1. The van der Waals surface area contributed by atoms with Crippen molar-refractivity contribution in [3.63, 3.8) is 0 Å². The van der Waals surface area contributed by atoms with E-state index in [9.17, 15) is 30.8 Å². The third-order valence-electron chi connectivity index (χ3n) is 4.24. The molecule has 1 amide bonds. The maximum Gasteiger partial charge on any atom is 0.416 e. The topological polar surface area (TPSA) is 84.8 Å². The van der Waals surface area contributed by atoms with Gasteiger partial charge in [0.1, 0.15) is 10.7 Å². The summed E-state index contributed by atoms with van der Waals surface area (Å²) in [6, 6.07) is 14.2. The number of para-hydroxylation sites is 1. The van der Waals surface area contributed by atoms with Crippen LogP contribution in [0.5, 0.6) is 5.75 Å². The number of amides is 1. The summed E-state index contributed by atoms with van der Waals surface area (Å²) in [5.74, 6) is -1.17. The smallest absolute Gasteiger partial charge is 0.378 e. The third kappa shape index (κ3) is 6.62. The van der Waals surface area contributed by atoms with Gasteiger partial charge < -0.3 is 4.18 Å². The molecule has 0 saturated heterocycles. The summed E-state index contributed by atoms with van der Waals surface area (Å²) in [5.41, 5.74) is 1.86. The molecule has 0 unspecified atom stereocenters. The van der Waals surface area contributed by atoms with Crippen LogP contribution in [0.3, 0.4) is 0 Å². The molecule has 0 atom stereocenters. The minimum absolute atomic E-state index is 0.129. The number of hydrazone groups is 1. The van der Waals surface area contributed by atoms with Crippen LogP contribution in [0, 0.1) is 5.82 Å². The lowest BCUT2D eigenvalue weighted by atomic mass is 10.1. The van der Waals surface area contributed by atoms with Crippen LogP contribution < -0.4 is 9.61 Å². The molecule has 0 heterocycles. The Kier molecular flexibility index (Phi) is 7.12. The van der Waals surface area contributed by atoms with Gasteiger partial charge in [0, 0.05) is 5.56 Å². The number of nitrogens with zero attached hydrogens (tertiary/aromatic N) is 1. The summed E-state index contributed by atoms with van der Waals surface area (Å²) in [7, 11) is -4.44. The molecule has 3 aromatic carbocycles. The predicted octanol–water partition coefficient (Wildman–Crippen LogP) is 4.31. The first kappa shape index (κ1) is 23.9. The van der Waals surface area contributed by atoms with Crippen LogP contribution >= 0.6 is 0 Å². The van der Waals surface area contributed by atoms with Gasteiger partial charge in [-0.25, -0.2) is 9.82 Å². The molecule has 0 aliphatic heterocycles. The number of benzene rings is 3. The minimum atomic E-state index is -4.61. The van der Waals surface area contributed by atoms with Crippen molar-refractivity contribution in [2.24, 2.45) is 5.10 Å². The predicted molar refractivity (Wildman–Crippen MR) is 112 cm³/mol. The number of carbonyl (C=O) groups excluding carboxylic acids is 1. The standard InChI is InChI=1S/C22H16F4N2O4S/c23-18-6-3-4-15(12-18)13-21(29)28-27-14-16-5-1-2-7-20(16)32-33(30,31)19-10-8-17(9-11-19)22(24,25)26/h1-12,14H,13H2,(H,28,29)/b27-14+. The Morgan fingerprint density at radius 2 is 1.70 bits per heavy atom. The first-order chi connectivity index (χ1) is 15.5. The highest BCUT2D eigenvalue weighted by atomic mass is 32.2. The Morgan fingerprint density at radius 3 is 2.36 bits per heavy atom. The lowest BCUT2D eigenvalue weighted by Gasteiger charge is -2.11. The van der Waals surface area contributed by atoms with Gasteiger partial charge >= 0.3 is 16.3 Å². The Bertz CT molecular complexity index is 1270. The van der Waals surface area contributed by atoms with Crippen molar-refractivity contribution >= 4 is 22.2 Å². The molecule has 6 nitrogen and oxygen atoms in total. The average molecular weight is 480 g/mol. The van der Waals surface area contributed by atoms with Gasteiger partial charge in [-0.3, -0.25) is 4.79 Å². The molecule has 172 valence electrons. The molecule has 0 radical (unpaired) electrons. The van der Waals surface area contributed by atoms with E-state index in [-0.39, 0.29) is 17.7 Å². The zero-order valence-corrected chi connectivity index (χ0v) is 17.5. The lowest BCUT2D eigenvalue weighted by Crippen LogP contribution is -2.20. The molecule has 11 heteroatoms. The maximum absolute atomic E-state index is 13.2. The molecular formula is C22H16F4N2O4S. The van der Waals surface area contributed by atoms with E-state index in [4.69, 9.17) is 4.18 Å². The highest BCUT2D eigenvalue weighted by Crippen LogP contribution is 2.30. The second kappa shape index (κ2) is 9.82. The van der Waals surface area contributed by atoms with E-state index < -0.39 is 38.5 Å². The van der Waals surface area contributed by atoms with Crippen LogP contribution in [0.25, 0.3) is 0 Å². The van der Waals surface area contributed by atoms with Gasteiger partial charge in [0.2, 0.25) is 5.91 Å². The van der Waals surface area contributed by atoms with E-state index >= 15 is 0 Å². The van der Waals surface area contributed by atoms with Gasteiger partial charge in [-0.1, -0.05) is 24.3 Å². The molecule has 3 aromatic rings. The van der Waals surface area contributed by atoms with Crippen molar-refractivity contribution in [1.29, 1.82) is 0 Å². The second-order valence-corrected chi connectivity index (χ2v) is 8.24. The van der Waals surface area contributed by atoms with Crippen LogP contribution in [0.15, 0.2) is 82.8 Å². The van der Waals surface area contributed by atoms with Crippen molar-refractivity contribution in [1.82, 2.24) is 5.43 Å². The van der Waals surface area contributed by atoms with Crippen molar-refractivity contribution in [2.75, 3.05) is 0 Å². The first-order valence-electron chi connectivity index (χ1n) is 9.32. The molecular weight excluding hydrogens is 464 g/mol. The molecule has 0 fully saturated rings. The third-order valence-corrected chi connectivity index (χ3v) is 5.48. The number of carbonyl (C=O) groups is 1. The highest BCUT2D eigenvalue weighted by molar-refractivity contribution is 7.87. The van der Waals surface area contributed by atoms with Crippen LogP contribution in [0.4, 0.5) is 17.6 Å². The van der Waals surface area contributed by atoms with E-state index in [1.54, 1.807) is 12.1 Å². The molecule has 0 aliphatic rings. The van der Waals surface area contributed by atoms with Crippen molar-refractivity contribution < 1.29 is 35.0 Å². The average Bonchev–Trinajstić information content (AvgIpc) is 2.74. The van der Waals surface area contributed by atoms with Gasteiger partial charge in [-0.2, -0.15) is 26.7 Å². The summed E-state index contributed by atoms with van der Waals surface area (Å²) in [6.45, 7) is 0. The number of alkyl halides is 3. The summed E-state index contributed by atoms with van der Waals surface area (Å²) >= 11 is 0. The Balaban J connectivity index is 1.70. The maximum atomic E-state index is 13.2. The van der Waals surface area contributed by atoms with E-state index in [1.807, 2.05) is 0 Å². The quantitative estimate of drug-likeness (QED) is 0.237. The van der Waals surface area contributed by atoms with Crippen LogP contribution in [-0.4, -0.2) is 20.5 Å². The number of hydrogen-bond acceptors (Lipinski definition) is 5. The SMILES string of the molecule is O=C(Cc1cccc(F)c1)N/N=C/c1ccccc1OS(=O)(=O)c1ccc(C(F)(F)F)cc1. The summed E-state index contributed by atoms with van der Waals surface area (Å²) in [6.07, 6.45) is -3.60. The van der Waals surface area contributed by atoms with Gasteiger partial charge in [0.15, 0.2) is 5.75 Å². The summed E-state index contributed by atoms with van der Waals surface area (Å²) in [4.78, 5) is 11.5. The largest absolute Gasteiger partial charge is 0.416 e.